The molecule has 0 aliphatic carbocycles. The fourth-order valence-electron chi connectivity index (χ4n) is 0.950. The molecule has 0 fully saturated rings. The van der Waals surface area contributed by atoms with Crippen molar-refractivity contribution in [3.63, 3.8) is 0 Å². The molecule has 0 nitrogen and oxygen atoms in total. The molecule has 0 aliphatic heterocycles. The van der Waals surface area contributed by atoms with Gasteiger partial charge in [-0.2, -0.15) is 0 Å². The van der Waals surface area contributed by atoms with Crippen LogP contribution >= 0.6 is 7.92 Å². The van der Waals surface area contributed by atoms with Gasteiger partial charge >= 0.3 is 0 Å². The molecule has 0 rings (SSSR count). The quantitative estimate of drug-likeness (QED) is 0.348. The first-order valence-electron chi connectivity index (χ1n) is 5.39. The minimum Gasteiger partial charge on any atom is -0.0987 e. The average molecular weight is 198 g/mol. The van der Waals surface area contributed by atoms with Crippen molar-refractivity contribution in [1.82, 2.24) is 0 Å². The fourth-order valence-corrected chi connectivity index (χ4v) is 1.57. The Bertz CT molecular complexity index is 162. The first-order valence-corrected chi connectivity index (χ1v) is 7.25. The standard InChI is InChI=1S/C12H23P/c1-5-6-7-8-9-10-11-13(4)12(2)3/h12H,5-9H2,1-4H3. The van der Waals surface area contributed by atoms with E-state index in [1.807, 2.05) is 0 Å². The Morgan fingerprint density at radius 1 is 1.15 bits per heavy atom. The van der Waals surface area contributed by atoms with Gasteiger partial charge in [-0.3, -0.25) is 0 Å². The van der Waals surface area contributed by atoms with Gasteiger partial charge in [-0.15, -0.1) is 0 Å². The van der Waals surface area contributed by atoms with E-state index in [-0.39, 0.29) is 7.92 Å². The largest absolute Gasteiger partial charge is 0.0987 e. The molecular weight excluding hydrogens is 175 g/mol. The Balaban J connectivity index is 3.39. The number of unbranched alkanes of at least 4 members (excludes halogenated alkanes) is 4. The first kappa shape index (κ1) is 13.0. The predicted molar refractivity (Wildman–Crippen MR) is 64.5 cm³/mol. The topological polar surface area (TPSA) is 0 Å². The normalized spacial score (nSPS) is 12.4. The third-order valence-electron chi connectivity index (χ3n) is 2.19. The molecule has 0 aromatic rings. The number of hydrogen-bond acceptors (Lipinski definition) is 0. The molecule has 0 aliphatic rings. The highest BCUT2D eigenvalue weighted by atomic mass is 31.1. The van der Waals surface area contributed by atoms with Crippen LogP contribution in [0.1, 0.15) is 52.9 Å². The molecule has 0 N–H and O–H groups in total. The van der Waals surface area contributed by atoms with Gasteiger partial charge < -0.3 is 0 Å². The van der Waals surface area contributed by atoms with Crippen molar-refractivity contribution in [2.75, 3.05) is 6.66 Å². The molecule has 1 atom stereocenters. The Morgan fingerprint density at radius 3 is 2.38 bits per heavy atom. The summed E-state index contributed by atoms with van der Waals surface area (Å²) in [7, 11) is -0.0252. The van der Waals surface area contributed by atoms with E-state index in [1.165, 1.54) is 25.7 Å². The van der Waals surface area contributed by atoms with Gasteiger partial charge in [-0.1, -0.05) is 51.6 Å². The summed E-state index contributed by atoms with van der Waals surface area (Å²) in [6.07, 6.45) is 6.45. The van der Waals surface area contributed by atoms with Crippen molar-refractivity contribution in [2.24, 2.45) is 0 Å². The molecule has 0 amide bonds. The summed E-state index contributed by atoms with van der Waals surface area (Å²) in [4.78, 5) is 0. The van der Waals surface area contributed by atoms with E-state index in [0.717, 1.165) is 12.1 Å². The van der Waals surface area contributed by atoms with E-state index in [2.05, 4.69) is 39.0 Å². The van der Waals surface area contributed by atoms with Crippen LogP contribution in [0.5, 0.6) is 0 Å². The lowest BCUT2D eigenvalue weighted by Crippen LogP contribution is -1.87. The minimum absolute atomic E-state index is 0.0252. The Hall–Kier alpha value is -0.0100. The second-order valence-electron chi connectivity index (χ2n) is 3.80. The van der Waals surface area contributed by atoms with Crippen molar-refractivity contribution in [2.45, 2.75) is 58.5 Å². The van der Waals surface area contributed by atoms with Gasteiger partial charge in [0.25, 0.3) is 0 Å². The maximum absolute atomic E-state index is 3.37. The zero-order valence-corrected chi connectivity index (χ0v) is 10.5. The molecule has 1 unspecified atom stereocenters. The summed E-state index contributed by atoms with van der Waals surface area (Å²) >= 11 is 0. The van der Waals surface area contributed by atoms with Crippen LogP contribution in [0.25, 0.3) is 0 Å². The zero-order chi connectivity index (χ0) is 10.1. The minimum atomic E-state index is -0.0252. The van der Waals surface area contributed by atoms with Gasteiger partial charge in [-0.05, 0) is 26.7 Å². The molecule has 1 heteroatoms. The van der Waals surface area contributed by atoms with Crippen LogP contribution in [0.3, 0.4) is 0 Å². The van der Waals surface area contributed by atoms with E-state index in [9.17, 15) is 0 Å². The van der Waals surface area contributed by atoms with E-state index in [1.54, 1.807) is 0 Å². The third-order valence-corrected chi connectivity index (χ3v) is 4.25. The molecule has 0 saturated carbocycles. The van der Waals surface area contributed by atoms with Gasteiger partial charge in [0.15, 0.2) is 0 Å². The summed E-state index contributed by atoms with van der Waals surface area (Å²) < 4.78 is 0. The third kappa shape index (κ3) is 8.32. The average Bonchev–Trinajstić information content (AvgIpc) is 2.10. The maximum Gasteiger partial charge on any atom is 0.00921 e. The molecule has 0 radical (unpaired) electrons. The molecule has 0 saturated heterocycles. The van der Waals surface area contributed by atoms with Gasteiger partial charge in [0.05, 0.1) is 0 Å². The first-order chi connectivity index (χ1) is 6.18. The molecule has 13 heavy (non-hydrogen) atoms. The van der Waals surface area contributed by atoms with Gasteiger partial charge in [0.2, 0.25) is 0 Å². The Morgan fingerprint density at radius 2 is 1.85 bits per heavy atom. The predicted octanol–water partition coefficient (Wildman–Crippen LogP) is 4.44. The second kappa shape index (κ2) is 8.58. The molecule has 0 aromatic heterocycles. The molecule has 0 heterocycles. The van der Waals surface area contributed by atoms with E-state index in [4.69, 9.17) is 0 Å². The second-order valence-corrected chi connectivity index (χ2v) is 6.28. The summed E-state index contributed by atoms with van der Waals surface area (Å²) in [6.45, 7) is 9.05. The van der Waals surface area contributed by atoms with Crippen molar-refractivity contribution in [1.29, 1.82) is 0 Å². The zero-order valence-electron chi connectivity index (χ0n) is 9.56. The monoisotopic (exact) mass is 198 g/mol. The van der Waals surface area contributed by atoms with E-state index < -0.39 is 0 Å². The highest BCUT2D eigenvalue weighted by Crippen LogP contribution is 2.34. The SMILES string of the molecule is CCCCCCC#CP(C)C(C)C. The Kier molecular flexibility index (Phi) is 8.58. The smallest absolute Gasteiger partial charge is 0.00921 e. The van der Waals surface area contributed by atoms with Crippen molar-refractivity contribution >= 4 is 7.92 Å². The van der Waals surface area contributed by atoms with Crippen LogP contribution in [0.15, 0.2) is 0 Å². The van der Waals surface area contributed by atoms with E-state index in [0.29, 0.717) is 0 Å². The summed E-state index contributed by atoms with van der Waals surface area (Å²) in [5.41, 5.74) is 4.14. The van der Waals surface area contributed by atoms with Crippen LogP contribution in [0.2, 0.25) is 0 Å². The van der Waals surface area contributed by atoms with Crippen LogP contribution in [-0.2, 0) is 0 Å². The number of rotatable bonds is 5. The molecule has 76 valence electrons. The van der Waals surface area contributed by atoms with Crippen LogP contribution in [-0.4, -0.2) is 12.3 Å². The summed E-state index contributed by atoms with van der Waals surface area (Å²) in [5.74, 6) is 3.30. The van der Waals surface area contributed by atoms with Gasteiger partial charge in [0.1, 0.15) is 0 Å². The molecule has 0 spiro atoms. The lowest BCUT2D eigenvalue weighted by atomic mass is 10.2. The molecular formula is C12H23P. The fraction of sp³-hybridized carbons (Fsp3) is 0.833. The van der Waals surface area contributed by atoms with Crippen molar-refractivity contribution < 1.29 is 0 Å². The van der Waals surface area contributed by atoms with Crippen LogP contribution < -0.4 is 0 Å². The van der Waals surface area contributed by atoms with Crippen LogP contribution in [0.4, 0.5) is 0 Å². The van der Waals surface area contributed by atoms with Crippen molar-refractivity contribution in [3.05, 3.63) is 0 Å². The molecule has 0 bridgehead atoms. The van der Waals surface area contributed by atoms with Crippen molar-refractivity contribution in [3.8, 4) is 11.6 Å². The van der Waals surface area contributed by atoms with E-state index >= 15 is 0 Å². The van der Waals surface area contributed by atoms with Gasteiger partial charge in [0, 0.05) is 6.42 Å². The Labute approximate surface area is 85.3 Å². The van der Waals surface area contributed by atoms with Crippen LogP contribution in [0, 0.1) is 11.6 Å². The lowest BCUT2D eigenvalue weighted by Gasteiger charge is -2.06. The van der Waals surface area contributed by atoms with Gasteiger partial charge in [-0.25, -0.2) is 0 Å². The maximum atomic E-state index is 3.37. The highest BCUT2D eigenvalue weighted by molar-refractivity contribution is 7.62. The summed E-state index contributed by atoms with van der Waals surface area (Å²) in [6, 6.07) is 0. The highest BCUT2D eigenvalue weighted by Gasteiger charge is 2.00. The molecule has 0 aromatic carbocycles. The summed E-state index contributed by atoms with van der Waals surface area (Å²) in [5, 5.41) is 0. The number of hydrogen-bond donors (Lipinski definition) is 0. The lowest BCUT2D eigenvalue weighted by molar-refractivity contribution is 0.680.